The maximum absolute atomic E-state index is 12.6. The molecule has 1 amide bonds. The van der Waals surface area contributed by atoms with E-state index in [2.05, 4.69) is 22.0 Å². The van der Waals surface area contributed by atoms with E-state index in [1.807, 2.05) is 18.3 Å². The number of amides is 1. The molecule has 0 bridgehead atoms. The second-order valence-corrected chi connectivity index (χ2v) is 13.1. The predicted molar refractivity (Wildman–Crippen MR) is 157 cm³/mol. The number of aromatic nitrogens is 1. The number of hydrogen-bond acceptors (Lipinski definition) is 6. The largest absolute Gasteiger partial charge is 0.493 e. The van der Waals surface area contributed by atoms with Gasteiger partial charge in [0.25, 0.3) is 5.91 Å². The van der Waals surface area contributed by atoms with Gasteiger partial charge in [0.05, 0.1) is 31.1 Å². The van der Waals surface area contributed by atoms with Crippen LogP contribution in [-0.2, 0) is 16.6 Å². The van der Waals surface area contributed by atoms with Gasteiger partial charge in [-0.2, -0.15) is 0 Å². The zero-order chi connectivity index (χ0) is 28.4. The monoisotopic (exact) mass is 568 g/mol. The average Bonchev–Trinajstić information content (AvgIpc) is 3.40. The summed E-state index contributed by atoms with van der Waals surface area (Å²) in [5.41, 5.74) is 10.9. The molecule has 0 unspecified atom stereocenters. The number of ether oxygens (including phenoxy) is 2. The quantitative estimate of drug-likeness (QED) is 0.393. The smallest absolute Gasteiger partial charge is 0.250 e. The molecule has 0 spiro atoms. The summed E-state index contributed by atoms with van der Waals surface area (Å²) in [5, 5.41) is 0.940. The van der Waals surface area contributed by atoms with Crippen LogP contribution in [0.4, 0.5) is 0 Å². The number of methoxy groups -OCH3 is 2. The van der Waals surface area contributed by atoms with Crippen LogP contribution in [0.5, 0.6) is 11.5 Å². The lowest BCUT2D eigenvalue weighted by molar-refractivity contribution is 0.100. The molecule has 2 aliphatic rings. The van der Waals surface area contributed by atoms with Gasteiger partial charge in [-0.3, -0.25) is 9.69 Å². The molecule has 2 aliphatic heterocycles. The van der Waals surface area contributed by atoms with E-state index in [1.165, 1.54) is 19.3 Å². The normalized spacial score (nSPS) is 17.8. The first-order valence-electron chi connectivity index (χ1n) is 14.2. The topological polar surface area (TPSA) is 118 Å². The van der Waals surface area contributed by atoms with Crippen molar-refractivity contribution in [3.63, 3.8) is 0 Å². The highest BCUT2D eigenvalue weighted by Gasteiger charge is 2.29. The number of carbonyl (C=O) groups is 1. The standard InChI is InChI=1S/C30H40N4O5S/c1-4-40(36,37)34-12-8-20(9-13-34)26-18-32-28-24(26)15-22(16-25(28)30(31)35)21-14-23(19-33-10-6-5-7-11-33)29(39-3)27(17-21)38-2/h14-18,20,32H,4-13,19H2,1-3H3,(H2,31,35). The maximum atomic E-state index is 12.6. The number of rotatable bonds is 9. The zero-order valence-corrected chi connectivity index (χ0v) is 24.5. The fourth-order valence-electron chi connectivity index (χ4n) is 6.27. The van der Waals surface area contributed by atoms with Gasteiger partial charge in [-0.1, -0.05) is 6.42 Å². The lowest BCUT2D eigenvalue weighted by atomic mass is 9.88. The van der Waals surface area contributed by atoms with Gasteiger partial charge in [0.15, 0.2) is 11.5 Å². The van der Waals surface area contributed by atoms with E-state index < -0.39 is 15.9 Å². The fraction of sp³-hybridized carbons (Fsp3) is 0.500. The van der Waals surface area contributed by atoms with Crippen molar-refractivity contribution in [2.75, 3.05) is 46.2 Å². The molecule has 10 heteroatoms. The van der Waals surface area contributed by atoms with Crippen molar-refractivity contribution in [2.24, 2.45) is 5.73 Å². The van der Waals surface area contributed by atoms with E-state index in [0.717, 1.165) is 65.9 Å². The van der Waals surface area contributed by atoms with Gasteiger partial charge in [0.1, 0.15) is 0 Å². The molecule has 2 saturated heterocycles. The van der Waals surface area contributed by atoms with Crippen molar-refractivity contribution >= 4 is 26.8 Å². The Morgan fingerprint density at radius 1 is 1.00 bits per heavy atom. The summed E-state index contributed by atoms with van der Waals surface area (Å²) in [6, 6.07) is 8.02. The molecule has 3 aromatic rings. The first-order chi connectivity index (χ1) is 19.2. The second kappa shape index (κ2) is 11.8. The molecule has 9 nitrogen and oxygen atoms in total. The molecule has 5 rings (SSSR count). The number of primary amides is 1. The number of H-pyrrole nitrogens is 1. The van der Waals surface area contributed by atoms with Crippen LogP contribution in [0.15, 0.2) is 30.5 Å². The third-order valence-corrected chi connectivity index (χ3v) is 10.4. The van der Waals surface area contributed by atoms with E-state index >= 15 is 0 Å². The fourth-order valence-corrected chi connectivity index (χ4v) is 7.40. The number of carbonyl (C=O) groups excluding carboxylic acids is 1. The number of hydrogen-bond donors (Lipinski definition) is 2. The van der Waals surface area contributed by atoms with Gasteiger partial charge in [0, 0.05) is 36.8 Å². The molecule has 1 aromatic heterocycles. The molecule has 0 saturated carbocycles. The van der Waals surface area contributed by atoms with Crippen LogP contribution in [0.2, 0.25) is 0 Å². The summed E-state index contributed by atoms with van der Waals surface area (Å²) in [7, 11) is 0.0976. The van der Waals surface area contributed by atoms with Gasteiger partial charge in [-0.25, -0.2) is 12.7 Å². The minimum absolute atomic E-state index is 0.112. The highest BCUT2D eigenvalue weighted by atomic mass is 32.2. The molecule has 0 radical (unpaired) electrons. The lowest BCUT2D eigenvalue weighted by Gasteiger charge is -2.31. The van der Waals surface area contributed by atoms with Crippen LogP contribution < -0.4 is 15.2 Å². The van der Waals surface area contributed by atoms with Crippen LogP contribution in [0.3, 0.4) is 0 Å². The Morgan fingerprint density at radius 3 is 2.33 bits per heavy atom. The SMILES string of the molecule is CCS(=O)(=O)N1CCC(c2c[nH]c3c(C(N)=O)cc(-c4cc(CN5CCCCC5)c(OC)c(OC)c4)cc23)CC1. The number of nitrogens with two attached hydrogens (primary N) is 1. The van der Waals surface area contributed by atoms with Crippen molar-refractivity contribution < 1.29 is 22.7 Å². The molecule has 2 fully saturated rings. The molecule has 216 valence electrons. The molecular weight excluding hydrogens is 528 g/mol. The predicted octanol–water partition coefficient (Wildman–Crippen LogP) is 4.47. The van der Waals surface area contributed by atoms with Crippen LogP contribution in [-0.4, -0.2) is 74.7 Å². The maximum Gasteiger partial charge on any atom is 0.250 e. The molecular formula is C30H40N4O5S. The number of nitrogens with zero attached hydrogens (tertiary/aromatic N) is 2. The number of piperidine rings is 2. The van der Waals surface area contributed by atoms with E-state index in [4.69, 9.17) is 15.2 Å². The summed E-state index contributed by atoms with van der Waals surface area (Å²) in [6.45, 7) is 5.53. The van der Waals surface area contributed by atoms with E-state index in [0.29, 0.717) is 29.9 Å². The lowest BCUT2D eigenvalue weighted by Crippen LogP contribution is -2.38. The van der Waals surface area contributed by atoms with Crippen molar-refractivity contribution in [2.45, 2.75) is 51.5 Å². The number of sulfonamides is 1. The summed E-state index contributed by atoms with van der Waals surface area (Å²) >= 11 is 0. The first-order valence-corrected chi connectivity index (χ1v) is 15.8. The Hall–Kier alpha value is -3.08. The van der Waals surface area contributed by atoms with Gasteiger partial charge in [-0.05, 0) is 92.6 Å². The first kappa shape index (κ1) is 28.4. The number of benzene rings is 2. The number of aromatic amines is 1. The van der Waals surface area contributed by atoms with Crippen molar-refractivity contribution in [3.8, 4) is 22.6 Å². The van der Waals surface area contributed by atoms with Crippen LogP contribution in [0, 0.1) is 0 Å². The summed E-state index contributed by atoms with van der Waals surface area (Å²) in [6.07, 6.45) is 7.04. The Labute approximate surface area is 236 Å². The minimum atomic E-state index is -3.21. The number of nitrogens with one attached hydrogen (secondary N) is 1. The molecule has 2 aromatic carbocycles. The van der Waals surface area contributed by atoms with Crippen LogP contribution in [0.25, 0.3) is 22.0 Å². The molecule has 0 atom stereocenters. The van der Waals surface area contributed by atoms with E-state index in [-0.39, 0.29) is 11.7 Å². The highest BCUT2D eigenvalue weighted by Crippen LogP contribution is 2.41. The Balaban J connectivity index is 1.55. The summed E-state index contributed by atoms with van der Waals surface area (Å²) < 4.78 is 37.9. The zero-order valence-electron chi connectivity index (χ0n) is 23.7. The third kappa shape index (κ3) is 5.57. The molecule has 0 aliphatic carbocycles. The van der Waals surface area contributed by atoms with E-state index in [1.54, 1.807) is 25.4 Å². The van der Waals surface area contributed by atoms with Gasteiger partial charge in [-0.15, -0.1) is 0 Å². The van der Waals surface area contributed by atoms with Crippen molar-refractivity contribution in [3.05, 3.63) is 47.2 Å². The minimum Gasteiger partial charge on any atom is -0.493 e. The van der Waals surface area contributed by atoms with Gasteiger partial charge in [0.2, 0.25) is 10.0 Å². The van der Waals surface area contributed by atoms with Crippen LogP contribution in [0.1, 0.15) is 66.4 Å². The Morgan fingerprint density at radius 2 is 1.70 bits per heavy atom. The van der Waals surface area contributed by atoms with Crippen molar-refractivity contribution in [1.29, 1.82) is 0 Å². The van der Waals surface area contributed by atoms with E-state index in [9.17, 15) is 13.2 Å². The molecule has 3 heterocycles. The highest BCUT2D eigenvalue weighted by molar-refractivity contribution is 7.89. The molecule has 3 N–H and O–H groups in total. The average molecular weight is 569 g/mol. The Kier molecular flexibility index (Phi) is 8.39. The summed E-state index contributed by atoms with van der Waals surface area (Å²) in [4.78, 5) is 18.3. The van der Waals surface area contributed by atoms with Gasteiger partial charge < -0.3 is 20.2 Å². The number of likely N-dealkylation sites (tertiary alicyclic amines) is 1. The molecule has 40 heavy (non-hydrogen) atoms. The summed E-state index contributed by atoms with van der Waals surface area (Å²) in [5.74, 6) is 1.16. The van der Waals surface area contributed by atoms with Crippen LogP contribution >= 0.6 is 0 Å². The van der Waals surface area contributed by atoms with Gasteiger partial charge >= 0.3 is 0 Å². The third-order valence-electron chi connectivity index (χ3n) is 8.47. The second-order valence-electron chi connectivity index (χ2n) is 10.8. The van der Waals surface area contributed by atoms with Crippen molar-refractivity contribution in [1.82, 2.24) is 14.2 Å². The Bertz CT molecular complexity index is 1490. The number of fused-ring (bicyclic) bond motifs is 1.